The van der Waals surface area contributed by atoms with Crippen LogP contribution >= 0.6 is 0 Å². The molecule has 5 rings (SSSR count). The van der Waals surface area contributed by atoms with Crippen LogP contribution in [0.5, 0.6) is 0 Å². The van der Waals surface area contributed by atoms with Gasteiger partial charge in [0.05, 0.1) is 0 Å². The number of benzene rings is 2. The number of fused-ring (bicyclic) bond motifs is 4. The fraction of sp³-hybridized carbons (Fsp3) is 0.543. The maximum atomic E-state index is 2.65. The number of halogens is 2. The summed E-state index contributed by atoms with van der Waals surface area (Å²) in [4.78, 5) is 0. The molecule has 3 aliphatic rings. The Labute approximate surface area is 264 Å². The summed E-state index contributed by atoms with van der Waals surface area (Å²) in [6.45, 7) is 26.1. The van der Waals surface area contributed by atoms with Gasteiger partial charge in [-0.1, -0.05) is 130 Å². The Bertz CT molecular complexity index is 1190. The van der Waals surface area contributed by atoms with E-state index >= 15 is 0 Å². The van der Waals surface area contributed by atoms with Crippen molar-refractivity contribution >= 4 is 0 Å². The Balaban J connectivity index is 0.00000169. The summed E-state index contributed by atoms with van der Waals surface area (Å²) in [7, 11) is 0. The first-order valence-corrected chi connectivity index (χ1v) is 13.7. The first-order chi connectivity index (χ1) is 16.0. The molecule has 2 aromatic carbocycles. The molecule has 0 nitrogen and oxygen atoms in total. The number of hydrogen-bond donors (Lipinski definition) is 0. The van der Waals surface area contributed by atoms with Gasteiger partial charge >= 0.3 is 26.2 Å². The average Bonchev–Trinajstić information content (AvgIpc) is 3.36. The molecule has 3 aliphatic carbocycles. The third kappa shape index (κ3) is 5.61. The Morgan fingerprint density at radius 1 is 0.684 bits per heavy atom. The van der Waals surface area contributed by atoms with E-state index in [4.69, 9.17) is 0 Å². The fourth-order valence-electron chi connectivity index (χ4n) is 6.91. The predicted molar refractivity (Wildman–Crippen MR) is 152 cm³/mol. The van der Waals surface area contributed by atoms with Gasteiger partial charge in [-0.3, -0.25) is 0 Å². The minimum absolute atomic E-state index is 0. The van der Waals surface area contributed by atoms with Crippen molar-refractivity contribution in [1.82, 2.24) is 0 Å². The summed E-state index contributed by atoms with van der Waals surface area (Å²) in [6.07, 6.45) is 6.46. The molecule has 0 amide bonds. The van der Waals surface area contributed by atoms with Crippen LogP contribution in [-0.4, -0.2) is 0 Å². The van der Waals surface area contributed by atoms with Crippen LogP contribution in [0.15, 0.2) is 59.7 Å². The normalized spacial score (nSPS) is 21.8. The van der Waals surface area contributed by atoms with Crippen LogP contribution in [0.4, 0.5) is 0 Å². The zero-order valence-electron chi connectivity index (χ0n) is 25.3. The van der Waals surface area contributed by atoms with Gasteiger partial charge in [-0.25, -0.2) is 0 Å². The molecule has 1 saturated carbocycles. The van der Waals surface area contributed by atoms with Gasteiger partial charge in [0.15, 0.2) is 0 Å². The molecule has 0 spiro atoms. The van der Waals surface area contributed by atoms with Gasteiger partial charge in [-0.15, -0.1) is 0 Å². The number of allylic oxidation sites excluding steroid dienone is 4. The van der Waals surface area contributed by atoms with E-state index in [-0.39, 0.29) is 72.7 Å². The zero-order chi connectivity index (χ0) is 25.7. The summed E-state index contributed by atoms with van der Waals surface area (Å²) in [5.74, 6) is 1.59. The second-order valence-electron chi connectivity index (χ2n) is 15.3. The van der Waals surface area contributed by atoms with Gasteiger partial charge in [0.2, 0.25) is 0 Å². The molecule has 2 aromatic rings. The molecule has 0 radical (unpaired) electrons. The van der Waals surface area contributed by atoms with E-state index in [1.54, 1.807) is 16.7 Å². The zero-order valence-corrected chi connectivity index (χ0v) is 29.3. The molecule has 0 saturated heterocycles. The van der Waals surface area contributed by atoms with Crippen molar-refractivity contribution in [3.63, 3.8) is 0 Å². The van der Waals surface area contributed by atoms with Crippen LogP contribution in [0.3, 0.4) is 0 Å². The molecule has 1 fully saturated rings. The molecule has 3 heteroatoms. The van der Waals surface area contributed by atoms with E-state index in [1.165, 1.54) is 34.2 Å². The molecule has 2 atom stereocenters. The Morgan fingerprint density at radius 3 is 1.53 bits per heavy atom. The van der Waals surface area contributed by atoms with Gasteiger partial charge < -0.3 is 24.8 Å². The first kappa shape index (κ1) is 33.6. The molecular weight excluding hydrogens is 583 g/mol. The van der Waals surface area contributed by atoms with Crippen molar-refractivity contribution < 1.29 is 51.0 Å². The van der Waals surface area contributed by atoms with Gasteiger partial charge in [0.25, 0.3) is 0 Å². The standard InChI is InChI=1S/C35H46.2ClH.Zr/c1-32(2,3)21-12-14-24-25-15-13-22(33(4,5)6)17-28(25)31(27(24)16-21)29-20-35(10,11)30-19-23(18-26(29)30)34(7,8)9;;;/h12-19,26,29,31H,20H2,1-11H3;2*1H;/q;;;+2/p-2. The summed E-state index contributed by atoms with van der Waals surface area (Å²) in [6, 6.07) is 14.7. The monoisotopic (exact) mass is 626 g/mol. The van der Waals surface area contributed by atoms with E-state index < -0.39 is 0 Å². The second kappa shape index (κ2) is 10.7. The number of hydrogen-bond acceptors (Lipinski definition) is 0. The van der Waals surface area contributed by atoms with Gasteiger partial charge in [-0.05, 0) is 73.0 Å². The summed E-state index contributed by atoms with van der Waals surface area (Å²) < 4.78 is 0. The van der Waals surface area contributed by atoms with Gasteiger partial charge in [0, 0.05) is 11.8 Å². The molecule has 38 heavy (non-hydrogen) atoms. The van der Waals surface area contributed by atoms with E-state index in [9.17, 15) is 0 Å². The molecule has 0 N–H and O–H groups in total. The van der Waals surface area contributed by atoms with Crippen molar-refractivity contribution in [2.75, 3.05) is 0 Å². The molecule has 0 bridgehead atoms. The van der Waals surface area contributed by atoms with E-state index in [0.29, 0.717) is 17.8 Å². The van der Waals surface area contributed by atoms with Gasteiger partial charge in [0.1, 0.15) is 0 Å². The summed E-state index contributed by atoms with van der Waals surface area (Å²) in [5, 5.41) is 0. The molecule has 0 heterocycles. The van der Waals surface area contributed by atoms with E-state index in [1.807, 2.05) is 0 Å². The van der Waals surface area contributed by atoms with Crippen LogP contribution in [-0.2, 0) is 37.0 Å². The Morgan fingerprint density at radius 2 is 1.13 bits per heavy atom. The van der Waals surface area contributed by atoms with Crippen molar-refractivity contribution in [2.24, 2.45) is 22.7 Å². The minimum atomic E-state index is 0. The quantitative estimate of drug-likeness (QED) is 0.449. The van der Waals surface area contributed by atoms with Crippen molar-refractivity contribution in [1.29, 1.82) is 0 Å². The largest absolute Gasteiger partial charge is 2.00 e. The van der Waals surface area contributed by atoms with Crippen molar-refractivity contribution in [3.8, 4) is 11.1 Å². The fourth-order valence-corrected chi connectivity index (χ4v) is 6.91. The predicted octanol–water partition coefficient (Wildman–Crippen LogP) is 3.97. The van der Waals surface area contributed by atoms with Crippen molar-refractivity contribution in [2.45, 2.75) is 99.3 Å². The topological polar surface area (TPSA) is 0 Å². The second-order valence-corrected chi connectivity index (χ2v) is 15.3. The molecule has 2 unspecified atom stereocenters. The maximum Gasteiger partial charge on any atom is 2.00 e. The third-order valence-corrected chi connectivity index (χ3v) is 9.11. The molecule has 204 valence electrons. The van der Waals surface area contributed by atoms with E-state index in [0.717, 1.165) is 0 Å². The van der Waals surface area contributed by atoms with Crippen LogP contribution in [0.2, 0.25) is 0 Å². The average molecular weight is 629 g/mol. The Kier molecular flexibility index (Phi) is 9.42. The van der Waals surface area contributed by atoms with E-state index in [2.05, 4.69) is 125 Å². The van der Waals surface area contributed by atoms with Crippen LogP contribution in [0.25, 0.3) is 11.1 Å². The molecule has 0 aromatic heterocycles. The maximum absolute atomic E-state index is 2.65. The Hall–Kier alpha value is -0.617. The van der Waals surface area contributed by atoms with Crippen LogP contribution in [0, 0.1) is 22.7 Å². The van der Waals surface area contributed by atoms with Crippen LogP contribution < -0.4 is 24.8 Å². The van der Waals surface area contributed by atoms with Gasteiger partial charge in [-0.2, -0.15) is 0 Å². The summed E-state index contributed by atoms with van der Waals surface area (Å²) in [5.41, 5.74) is 12.9. The minimum Gasteiger partial charge on any atom is -1.00 e. The summed E-state index contributed by atoms with van der Waals surface area (Å²) >= 11 is 0. The molecular formula is C35H46Cl2Zr. The van der Waals surface area contributed by atoms with Crippen molar-refractivity contribution in [3.05, 3.63) is 82.0 Å². The third-order valence-electron chi connectivity index (χ3n) is 9.11. The van der Waals surface area contributed by atoms with Crippen LogP contribution in [0.1, 0.15) is 111 Å². The molecule has 0 aliphatic heterocycles. The SMILES string of the molecule is CC(C)(C)C1=CC2C(=C1)C(C)(C)CC2C1c2cc(C(C)(C)C)ccc2-c2ccc(C(C)(C)C)cc21.[Cl-].[Cl-].[Zr+2]. The number of rotatable bonds is 1. The smallest absolute Gasteiger partial charge is 1.00 e. The first-order valence-electron chi connectivity index (χ1n) is 13.7.